The number of carbonyl (C=O) groups is 1. The van der Waals surface area contributed by atoms with Crippen molar-refractivity contribution in [1.29, 1.82) is 0 Å². The summed E-state index contributed by atoms with van der Waals surface area (Å²) in [5.74, 6) is -0.659. The van der Waals surface area contributed by atoms with Crippen molar-refractivity contribution in [2.24, 2.45) is 0 Å². The number of hydrogen-bond acceptors (Lipinski definition) is 6. The monoisotopic (exact) mass is 235 g/mol. The van der Waals surface area contributed by atoms with Gasteiger partial charge in [0.05, 0.1) is 5.56 Å². The van der Waals surface area contributed by atoms with Gasteiger partial charge in [0.25, 0.3) is 5.91 Å². The third-order valence-corrected chi connectivity index (χ3v) is 1.97. The van der Waals surface area contributed by atoms with E-state index in [1.54, 1.807) is 6.92 Å². The summed E-state index contributed by atoms with van der Waals surface area (Å²) in [6.45, 7) is 1.60. The molecule has 0 aliphatic rings. The van der Waals surface area contributed by atoms with Crippen molar-refractivity contribution in [3.8, 4) is 11.5 Å². The molecule has 0 spiro atoms. The summed E-state index contributed by atoms with van der Waals surface area (Å²) in [7, 11) is 0. The molecule has 7 nitrogen and oxygen atoms in total. The molecule has 0 atom stereocenters. The molecular weight excluding hydrogens is 226 g/mol. The van der Waals surface area contributed by atoms with Gasteiger partial charge < -0.3 is 14.7 Å². The molecule has 2 rings (SSSR count). The highest BCUT2D eigenvalue weighted by molar-refractivity contribution is 6.05. The second-order valence-electron chi connectivity index (χ2n) is 3.30. The Balaban J connectivity index is 2.22. The van der Waals surface area contributed by atoms with E-state index in [0.717, 1.165) is 6.07 Å². The summed E-state index contributed by atoms with van der Waals surface area (Å²) in [5.41, 5.74) is -0.0825. The minimum absolute atomic E-state index is 0.0738. The zero-order valence-corrected chi connectivity index (χ0v) is 8.84. The number of carbonyl (C=O) groups excluding carboxylic acids is 1. The van der Waals surface area contributed by atoms with Crippen LogP contribution >= 0.6 is 0 Å². The summed E-state index contributed by atoms with van der Waals surface area (Å²) in [6.07, 6.45) is 0. The fraction of sp³-hybridized carbons (Fsp3) is 0.100. The highest BCUT2D eigenvalue weighted by Crippen LogP contribution is 2.22. The highest BCUT2D eigenvalue weighted by atomic mass is 16.5. The van der Waals surface area contributed by atoms with Gasteiger partial charge in [0.1, 0.15) is 11.5 Å². The van der Waals surface area contributed by atoms with E-state index in [9.17, 15) is 15.0 Å². The average Bonchev–Trinajstić information content (AvgIpc) is 2.67. The van der Waals surface area contributed by atoms with Crippen molar-refractivity contribution in [1.82, 2.24) is 10.1 Å². The fourth-order valence-corrected chi connectivity index (χ4v) is 1.22. The number of aromatic nitrogens is 2. The fourth-order valence-electron chi connectivity index (χ4n) is 1.22. The van der Waals surface area contributed by atoms with Crippen molar-refractivity contribution < 1.29 is 19.5 Å². The molecule has 1 aromatic heterocycles. The largest absolute Gasteiger partial charge is 0.508 e. The van der Waals surface area contributed by atoms with Crippen LogP contribution in [0, 0.1) is 6.92 Å². The van der Waals surface area contributed by atoms with E-state index >= 15 is 0 Å². The topological polar surface area (TPSA) is 108 Å². The number of nitrogens with zero attached hydrogens (tertiary/aromatic N) is 2. The number of anilines is 1. The number of rotatable bonds is 2. The number of phenolic OH excluding ortho intramolecular Hbond substituents is 2. The summed E-state index contributed by atoms with van der Waals surface area (Å²) in [5, 5.41) is 24.5. The van der Waals surface area contributed by atoms with Crippen LogP contribution < -0.4 is 5.32 Å². The lowest BCUT2D eigenvalue weighted by Gasteiger charge is -2.03. The first kappa shape index (κ1) is 10.9. The van der Waals surface area contributed by atoms with Crippen LogP contribution in [0.3, 0.4) is 0 Å². The Morgan fingerprint density at radius 2 is 2.18 bits per heavy atom. The van der Waals surface area contributed by atoms with Gasteiger partial charge in [-0.05, 0) is 25.1 Å². The predicted octanol–water partition coefficient (Wildman–Crippen LogP) is 1.04. The van der Waals surface area contributed by atoms with Crippen molar-refractivity contribution >= 4 is 11.9 Å². The number of benzene rings is 1. The lowest BCUT2D eigenvalue weighted by Crippen LogP contribution is -2.12. The first-order valence-corrected chi connectivity index (χ1v) is 4.70. The quantitative estimate of drug-likeness (QED) is 0.671. The van der Waals surface area contributed by atoms with Gasteiger partial charge in [-0.2, -0.15) is 4.98 Å². The van der Waals surface area contributed by atoms with E-state index in [0.29, 0.717) is 5.82 Å². The third-order valence-electron chi connectivity index (χ3n) is 1.97. The van der Waals surface area contributed by atoms with Crippen molar-refractivity contribution in [3.05, 3.63) is 29.6 Å². The molecule has 1 aromatic carbocycles. The van der Waals surface area contributed by atoms with E-state index in [1.807, 2.05) is 0 Å². The summed E-state index contributed by atoms with van der Waals surface area (Å²) < 4.78 is 4.69. The molecule has 0 radical (unpaired) electrons. The normalized spacial score (nSPS) is 10.2. The van der Waals surface area contributed by atoms with Gasteiger partial charge >= 0.3 is 6.01 Å². The Morgan fingerprint density at radius 3 is 2.82 bits per heavy atom. The van der Waals surface area contributed by atoms with Crippen molar-refractivity contribution in [2.75, 3.05) is 5.32 Å². The lowest BCUT2D eigenvalue weighted by atomic mass is 10.2. The Bertz CT molecular complexity index is 564. The van der Waals surface area contributed by atoms with Crippen LogP contribution in [-0.4, -0.2) is 26.3 Å². The molecule has 17 heavy (non-hydrogen) atoms. The lowest BCUT2D eigenvalue weighted by molar-refractivity contribution is 0.102. The minimum atomic E-state index is -0.651. The van der Waals surface area contributed by atoms with Crippen LogP contribution in [-0.2, 0) is 0 Å². The maximum absolute atomic E-state index is 11.7. The Labute approximate surface area is 95.7 Å². The minimum Gasteiger partial charge on any atom is -0.508 e. The average molecular weight is 235 g/mol. The van der Waals surface area contributed by atoms with Crippen LogP contribution in [0.1, 0.15) is 16.2 Å². The molecular formula is C10H9N3O4. The van der Waals surface area contributed by atoms with E-state index < -0.39 is 5.91 Å². The number of nitrogens with one attached hydrogen (secondary N) is 1. The molecule has 1 heterocycles. The molecule has 88 valence electrons. The molecule has 0 unspecified atom stereocenters. The SMILES string of the molecule is Cc1noc(NC(=O)c2cc(O)ccc2O)n1. The number of hydrogen-bond donors (Lipinski definition) is 3. The van der Waals surface area contributed by atoms with E-state index in [-0.39, 0.29) is 23.1 Å². The maximum Gasteiger partial charge on any atom is 0.328 e. The smallest absolute Gasteiger partial charge is 0.328 e. The second-order valence-corrected chi connectivity index (χ2v) is 3.30. The van der Waals surface area contributed by atoms with Crippen molar-refractivity contribution in [3.63, 3.8) is 0 Å². The first-order chi connectivity index (χ1) is 8.06. The van der Waals surface area contributed by atoms with Crippen LogP contribution in [0.2, 0.25) is 0 Å². The molecule has 0 saturated heterocycles. The first-order valence-electron chi connectivity index (χ1n) is 4.70. The van der Waals surface area contributed by atoms with E-state index in [2.05, 4.69) is 20.0 Å². The number of amides is 1. The standard InChI is InChI=1S/C10H9N3O4/c1-5-11-10(17-13-5)12-9(16)7-4-6(14)2-3-8(7)15/h2-4,14-15H,1H3,(H,11,12,13,16). The zero-order chi connectivity index (χ0) is 12.4. The Morgan fingerprint density at radius 1 is 1.41 bits per heavy atom. The Hall–Kier alpha value is -2.57. The Kier molecular flexibility index (Phi) is 2.65. The number of phenols is 2. The molecule has 2 aromatic rings. The molecule has 0 aliphatic carbocycles. The molecule has 0 aliphatic heterocycles. The molecule has 0 saturated carbocycles. The maximum atomic E-state index is 11.7. The zero-order valence-electron chi connectivity index (χ0n) is 8.84. The predicted molar refractivity (Wildman–Crippen MR) is 56.8 cm³/mol. The van der Waals surface area contributed by atoms with Gasteiger partial charge in [0.2, 0.25) is 0 Å². The van der Waals surface area contributed by atoms with Crippen molar-refractivity contribution in [2.45, 2.75) is 6.92 Å². The summed E-state index contributed by atoms with van der Waals surface area (Å²) in [4.78, 5) is 15.5. The van der Waals surface area contributed by atoms with Gasteiger partial charge in [-0.1, -0.05) is 5.16 Å². The van der Waals surface area contributed by atoms with E-state index in [4.69, 9.17) is 0 Å². The van der Waals surface area contributed by atoms with Gasteiger partial charge in [0.15, 0.2) is 5.82 Å². The molecule has 7 heteroatoms. The molecule has 0 bridgehead atoms. The highest BCUT2D eigenvalue weighted by Gasteiger charge is 2.14. The van der Waals surface area contributed by atoms with Crippen LogP contribution in [0.15, 0.2) is 22.7 Å². The summed E-state index contributed by atoms with van der Waals surface area (Å²) >= 11 is 0. The second kappa shape index (κ2) is 4.12. The van der Waals surface area contributed by atoms with Gasteiger partial charge in [0, 0.05) is 0 Å². The van der Waals surface area contributed by atoms with E-state index in [1.165, 1.54) is 12.1 Å². The van der Waals surface area contributed by atoms with Crippen LogP contribution in [0.4, 0.5) is 6.01 Å². The summed E-state index contributed by atoms with van der Waals surface area (Å²) in [6, 6.07) is 3.54. The molecule has 1 amide bonds. The van der Waals surface area contributed by atoms with Crippen LogP contribution in [0.5, 0.6) is 11.5 Å². The van der Waals surface area contributed by atoms with Gasteiger partial charge in [-0.3, -0.25) is 10.1 Å². The molecule has 3 N–H and O–H groups in total. The number of aryl methyl sites for hydroxylation is 1. The molecule has 0 fully saturated rings. The third kappa shape index (κ3) is 2.33. The van der Waals surface area contributed by atoms with Gasteiger partial charge in [-0.25, -0.2) is 0 Å². The van der Waals surface area contributed by atoms with Crippen LogP contribution in [0.25, 0.3) is 0 Å². The van der Waals surface area contributed by atoms with Gasteiger partial charge in [-0.15, -0.1) is 0 Å². The number of aromatic hydroxyl groups is 2.